The fraction of sp³-hybridized carbons (Fsp3) is 0.188. The first kappa shape index (κ1) is 18.3. The molecule has 122 valence electrons. The zero-order valence-electron chi connectivity index (χ0n) is 12.4. The molecular formula is C16H16I2NO4+. The van der Waals surface area contributed by atoms with E-state index in [-0.39, 0.29) is 11.7 Å². The quantitative estimate of drug-likeness (QED) is 0.452. The van der Waals surface area contributed by atoms with Crippen LogP contribution in [0.1, 0.15) is 5.56 Å². The summed E-state index contributed by atoms with van der Waals surface area (Å²) in [6, 6.07) is 10.6. The minimum Gasteiger partial charge on any atom is -0.506 e. The molecule has 0 fully saturated rings. The first-order chi connectivity index (χ1) is 10.9. The molecule has 1 atom stereocenters. The maximum absolute atomic E-state index is 11.4. The average Bonchev–Trinajstić information content (AvgIpc) is 2.53. The van der Waals surface area contributed by atoms with Crippen LogP contribution in [0.4, 0.5) is 0 Å². The molecular weight excluding hydrogens is 524 g/mol. The van der Waals surface area contributed by atoms with Gasteiger partial charge in [-0.1, -0.05) is 12.1 Å². The van der Waals surface area contributed by atoms with E-state index in [0.29, 0.717) is 17.9 Å². The molecule has 7 heteroatoms. The number of hydrogen-bond donors (Lipinski definition) is 2. The molecule has 5 nitrogen and oxygen atoms in total. The van der Waals surface area contributed by atoms with Gasteiger partial charge in [0, 0.05) is 6.42 Å². The lowest BCUT2D eigenvalue weighted by molar-refractivity contribution is -0.407. The predicted octanol–water partition coefficient (Wildman–Crippen LogP) is 2.72. The monoisotopic (exact) mass is 540 g/mol. The highest BCUT2D eigenvalue weighted by Crippen LogP contribution is 2.32. The highest BCUT2D eigenvalue weighted by molar-refractivity contribution is 14.1. The SMILES string of the molecule is COC(=O)C([NH3+])Cc1ccc(Oc2cc(I)c(O)c(I)c2)cc1. The number of ether oxygens (including phenoxy) is 2. The van der Waals surface area contributed by atoms with Crippen LogP contribution in [0.2, 0.25) is 0 Å². The highest BCUT2D eigenvalue weighted by Gasteiger charge is 2.18. The Morgan fingerprint density at radius 1 is 1.17 bits per heavy atom. The Bertz CT molecular complexity index is 681. The molecule has 2 aromatic carbocycles. The van der Waals surface area contributed by atoms with E-state index in [9.17, 15) is 9.90 Å². The second-order valence-electron chi connectivity index (χ2n) is 4.91. The van der Waals surface area contributed by atoms with Crippen molar-refractivity contribution in [3.05, 3.63) is 49.1 Å². The third-order valence-electron chi connectivity index (χ3n) is 3.17. The van der Waals surface area contributed by atoms with Crippen molar-refractivity contribution in [3.63, 3.8) is 0 Å². The molecule has 2 rings (SSSR count). The van der Waals surface area contributed by atoms with Crippen molar-refractivity contribution in [2.24, 2.45) is 0 Å². The largest absolute Gasteiger partial charge is 0.506 e. The predicted molar refractivity (Wildman–Crippen MR) is 102 cm³/mol. The van der Waals surface area contributed by atoms with Crippen LogP contribution in [0.25, 0.3) is 0 Å². The lowest BCUT2D eigenvalue weighted by Crippen LogP contribution is -2.66. The van der Waals surface area contributed by atoms with Gasteiger partial charge < -0.3 is 20.3 Å². The Morgan fingerprint density at radius 2 is 1.74 bits per heavy atom. The van der Waals surface area contributed by atoms with Gasteiger partial charge in [-0.25, -0.2) is 4.79 Å². The number of benzene rings is 2. The minimum atomic E-state index is -0.424. The molecule has 2 aromatic rings. The fourth-order valence-corrected chi connectivity index (χ4v) is 3.68. The van der Waals surface area contributed by atoms with Gasteiger partial charge in [0.1, 0.15) is 17.2 Å². The van der Waals surface area contributed by atoms with Crippen molar-refractivity contribution >= 4 is 51.2 Å². The summed E-state index contributed by atoms with van der Waals surface area (Å²) in [7, 11) is 1.36. The van der Waals surface area contributed by atoms with Crippen LogP contribution in [0.3, 0.4) is 0 Å². The van der Waals surface area contributed by atoms with Crippen LogP contribution >= 0.6 is 45.2 Å². The molecule has 0 aliphatic carbocycles. The summed E-state index contributed by atoms with van der Waals surface area (Å²) < 4.78 is 11.9. The fourth-order valence-electron chi connectivity index (χ4n) is 1.97. The molecule has 0 aliphatic heterocycles. The van der Waals surface area contributed by atoms with Gasteiger partial charge in [-0.15, -0.1) is 0 Å². The van der Waals surface area contributed by atoms with E-state index in [4.69, 9.17) is 4.74 Å². The zero-order chi connectivity index (χ0) is 17.0. The van der Waals surface area contributed by atoms with Crippen molar-refractivity contribution in [2.75, 3.05) is 7.11 Å². The normalized spacial score (nSPS) is 11.8. The summed E-state index contributed by atoms with van der Waals surface area (Å²) in [4.78, 5) is 11.4. The first-order valence-corrected chi connectivity index (χ1v) is 8.92. The summed E-state index contributed by atoms with van der Waals surface area (Å²) in [6.45, 7) is 0. The number of halogens is 2. The standard InChI is InChI=1S/C16H15I2NO4/c1-22-16(21)14(19)6-9-2-4-10(5-3-9)23-11-7-12(17)15(20)13(18)8-11/h2-5,7-8,14,20H,6,19H2,1H3/p+1. The third kappa shape index (κ3) is 4.95. The number of rotatable bonds is 5. The number of quaternary nitrogens is 1. The molecule has 0 heterocycles. The summed E-state index contributed by atoms with van der Waals surface area (Å²) in [6.07, 6.45) is 0.516. The van der Waals surface area contributed by atoms with E-state index in [1.807, 2.05) is 24.3 Å². The average molecular weight is 540 g/mol. The maximum Gasteiger partial charge on any atom is 0.364 e. The topological polar surface area (TPSA) is 83.4 Å². The summed E-state index contributed by atoms with van der Waals surface area (Å²) in [5.74, 6) is 1.29. The molecule has 0 aromatic heterocycles. The lowest BCUT2D eigenvalue weighted by Gasteiger charge is -2.10. The van der Waals surface area contributed by atoms with E-state index < -0.39 is 6.04 Å². The number of carbonyl (C=O) groups is 1. The Morgan fingerprint density at radius 3 is 2.26 bits per heavy atom. The summed E-state index contributed by atoms with van der Waals surface area (Å²) in [5.41, 5.74) is 4.77. The van der Waals surface area contributed by atoms with Crippen molar-refractivity contribution in [3.8, 4) is 17.2 Å². The number of methoxy groups -OCH3 is 1. The van der Waals surface area contributed by atoms with Gasteiger partial charge in [0.05, 0.1) is 14.3 Å². The second-order valence-corrected chi connectivity index (χ2v) is 7.23. The van der Waals surface area contributed by atoms with Crippen LogP contribution in [-0.2, 0) is 16.0 Å². The van der Waals surface area contributed by atoms with Crippen molar-refractivity contribution in [1.29, 1.82) is 0 Å². The van der Waals surface area contributed by atoms with Gasteiger partial charge in [0.25, 0.3) is 0 Å². The molecule has 0 aliphatic rings. The number of phenols is 1. The van der Waals surface area contributed by atoms with Crippen LogP contribution in [0, 0.1) is 7.14 Å². The zero-order valence-corrected chi connectivity index (χ0v) is 16.7. The molecule has 0 saturated heterocycles. The number of carbonyl (C=O) groups excluding carboxylic acids is 1. The highest BCUT2D eigenvalue weighted by atomic mass is 127. The van der Waals surface area contributed by atoms with Crippen molar-refractivity contribution in [1.82, 2.24) is 0 Å². The number of hydrogen-bond acceptors (Lipinski definition) is 4. The van der Waals surface area contributed by atoms with Gasteiger partial charge >= 0.3 is 5.97 Å². The van der Waals surface area contributed by atoms with Crippen LogP contribution in [0.5, 0.6) is 17.2 Å². The summed E-state index contributed by atoms with van der Waals surface area (Å²) in [5, 5.41) is 9.77. The van der Waals surface area contributed by atoms with Crippen molar-refractivity contribution < 1.29 is 25.1 Å². The Labute approximate surface area is 161 Å². The van der Waals surface area contributed by atoms with E-state index in [0.717, 1.165) is 12.7 Å². The van der Waals surface area contributed by atoms with Crippen LogP contribution in [0.15, 0.2) is 36.4 Å². The Balaban J connectivity index is 2.07. The van der Waals surface area contributed by atoms with Crippen LogP contribution in [-0.4, -0.2) is 24.2 Å². The van der Waals surface area contributed by atoms with Crippen molar-refractivity contribution in [2.45, 2.75) is 12.5 Å². The minimum absolute atomic E-state index is 0.262. The molecule has 23 heavy (non-hydrogen) atoms. The molecule has 0 spiro atoms. The van der Waals surface area contributed by atoms with E-state index in [1.54, 1.807) is 12.1 Å². The molecule has 4 N–H and O–H groups in total. The Hall–Kier alpha value is -1.07. The molecule has 1 unspecified atom stereocenters. The van der Waals surface area contributed by atoms with Crippen LogP contribution < -0.4 is 10.5 Å². The van der Waals surface area contributed by atoms with Gasteiger partial charge in [-0.3, -0.25) is 0 Å². The van der Waals surface area contributed by atoms with E-state index in [1.165, 1.54) is 7.11 Å². The molecule has 0 amide bonds. The van der Waals surface area contributed by atoms with Gasteiger partial charge in [0.2, 0.25) is 0 Å². The van der Waals surface area contributed by atoms with Gasteiger partial charge in [-0.05, 0) is 75.0 Å². The molecule has 0 bridgehead atoms. The van der Waals surface area contributed by atoms with E-state index in [2.05, 4.69) is 55.7 Å². The second kappa shape index (κ2) is 8.15. The first-order valence-electron chi connectivity index (χ1n) is 6.76. The molecule has 0 radical (unpaired) electrons. The number of aromatic hydroxyl groups is 1. The third-order valence-corrected chi connectivity index (χ3v) is 4.81. The Kier molecular flexibility index (Phi) is 6.48. The smallest absolute Gasteiger partial charge is 0.364 e. The molecule has 0 saturated carbocycles. The summed E-state index contributed by atoms with van der Waals surface area (Å²) >= 11 is 4.12. The maximum atomic E-state index is 11.4. The lowest BCUT2D eigenvalue weighted by atomic mass is 10.1. The van der Waals surface area contributed by atoms with Gasteiger partial charge in [0.15, 0.2) is 6.04 Å². The van der Waals surface area contributed by atoms with Gasteiger partial charge in [-0.2, -0.15) is 0 Å². The number of phenolic OH excluding ortho intramolecular Hbond substituents is 1. The number of esters is 1. The van der Waals surface area contributed by atoms with E-state index >= 15 is 0 Å².